The van der Waals surface area contributed by atoms with Gasteiger partial charge in [0.25, 0.3) is 0 Å². The van der Waals surface area contributed by atoms with E-state index in [2.05, 4.69) is 9.05 Å². The summed E-state index contributed by atoms with van der Waals surface area (Å²) in [5.41, 5.74) is 0. The van der Waals surface area contributed by atoms with Gasteiger partial charge in [0, 0.05) is 0 Å². The highest BCUT2D eigenvalue weighted by molar-refractivity contribution is 7.43. The Morgan fingerprint density at radius 2 is 1.17 bits per heavy atom. The summed E-state index contributed by atoms with van der Waals surface area (Å²) in [5.74, 6) is 0. The first-order valence-corrected chi connectivity index (χ1v) is 9.17. The maximum atomic E-state index is 11.9. The van der Waals surface area contributed by atoms with E-state index < -0.39 is 42.5 Å². The molecule has 0 bridgehead atoms. The number of alkyl halides is 6. The van der Waals surface area contributed by atoms with Gasteiger partial charge in [0.1, 0.15) is 0 Å². The quantitative estimate of drug-likeness (QED) is 0.417. The number of halogens is 6. The smallest absolute Gasteiger partial charge is 0.355 e. The van der Waals surface area contributed by atoms with E-state index in [1.807, 2.05) is 0 Å². The van der Waals surface area contributed by atoms with Crippen molar-refractivity contribution in [3.8, 4) is 0 Å². The molecule has 0 aliphatic heterocycles. The molecule has 0 fully saturated rings. The van der Waals surface area contributed by atoms with Crippen LogP contribution in [0.3, 0.4) is 0 Å². The highest BCUT2D eigenvalue weighted by Crippen LogP contribution is 2.45. The molecule has 0 N–H and O–H groups in total. The maximum Gasteiger partial charge on any atom is 0.412 e. The summed E-state index contributed by atoms with van der Waals surface area (Å²) in [6.45, 7) is 1.37. The monoisotopic (exact) mass is 318 g/mol. The van der Waals surface area contributed by atoms with E-state index >= 15 is 0 Å². The second-order valence-corrected chi connectivity index (χ2v) is 10.1. The molecule has 0 spiro atoms. The van der Waals surface area contributed by atoms with Gasteiger partial charge in [-0.2, -0.15) is 26.3 Å². The summed E-state index contributed by atoms with van der Waals surface area (Å²) >= 11 is 0. The molecule has 0 atom stereocenters. The highest BCUT2D eigenvalue weighted by atomic mass is 31.2. The molecule has 0 aromatic heterocycles. The topological polar surface area (TPSA) is 27.7 Å². The first kappa shape index (κ1) is 18.1. The van der Waals surface area contributed by atoms with Gasteiger partial charge in [-0.15, -0.1) is 0 Å². The fourth-order valence-electron chi connectivity index (χ4n) is 0.565. The van der Waals surface area contributed by atoms with Gasteiger partial charge in [-0.25, -0.2) is 0 Å². The Balaban J connectivity index is 4.35. The Kier molecular flexibility index (Phi) is 6.55. The van der Waals surface area contributed by atoms with Crippen LogP contribution >= 0.6 is 8.60 Å². The van der Waals surface area contributed by atoms with Crippen LogP contribution in [-0.2, 0) is 13.3 Å². The molecule has 0 aliphatic carbocycles. The predicted molar refractivity (Wildman–Crippen MR) is 55.4 cm³/mol. The van der Waals surface area contributed by atoms with Gasteiger partial charge in [-0.05, 0) is 19.6 Å². The van der Waals surface area contributed by atoms with Crippen molar-refractivity contribution in [3.05, 3.63) is 0 Å². The maximum absolute atomic E-state index is 11.9. The van der Waals surface area contributed by atoms with Crippen molar-refractivity contribution in [1.29, 1.82) is 0 Å². The second-order valence-electron chi connectivity index (χ2n) is 4.20. The van der Waals surface area contributed by atoms with Gasteiger partial charge in [0.05, 0.1) is 0 Å². The summed E-state index contributed by atoms with van der Waals surface area (Å²) in [4.78, 5) is 0. The molecule has 0 heterocycles. The minimum absolute atomic E-state index is 1.59. The van der Waals surface area contributed by atoms with Crippen molar-refractivity contribution in [2.75, 3.05) is 13.2 Å². The van der Waals surface area contributed by atoms with Crippen LogP contribution in [0.5, 0.6) is 0 Å². The zero-order chi connectivity index (χ0) is 14.6. The number of hydrogen-bond donors (Lipinski definition) is 0. The van der Waals surface area contributed by atoms with Crippen LogP contribution < -0.4 is 0 Å². The Morgan fingerprint density at radius 1 is 0.833 bits per heavy atom. The van der Waals surface area contributed by atoms with E-state index in [4.69, 9.17) is 4.21 Å². The fraction of sp³-hybridized carbons (Fsp3) is 1.00. The van der Waals surface area contributed by atoms with Gasteiger partial charge in [0.15, 0.2) is 21.5 Å². The second kappa shape index (κ2) is 6.51. The van der Waals surface area contributed by atoms with Crippen molar-refractivity contribution in [2.45, 2.75) is 32.0 Å². The highest BCUT2D eigenvalue weighted by Gasteiger charge is 2.35. The van der Waals surface area contributed by atoms with Gasteiger partial charge in [-0.1, -0.05) is 0 Å². The van der Waals surface area contributed by atoms with Crippen molar-refractivity contribution in [3.63, 3.8) is 0 Å². The lowest BCUT2D eigenvalue weighted by molar-refractivity contribution is -0.165. The molecule has 0 radical (unpaired) electrons. The molecule has 0 saturated carbocycles. The minimum Gasteiger partial charge on any atom is -0.355 e. The van der Waals surface area contributed by atoms with Crippen LogP contribution in [0.25, 0.3) is 0 Å². The molecule has 0 aromatic rings. The lowest BCUT2D eigenvalue weighted by atomic mass is 10.7. The molecule has 0 amide bonds. The molecule has 18 heavy (non-hydrogen) atoms. The molecule has 11 heteroatoms. The third kappa shape index (κ3) is 12.6. The van der Waals surface area contributed by atoms with E-state index in [0.29, 0.717) is 0 Å². The van der Waals surface area contributed by atoms with Crippen LogP contribution in [0.4, 0.5) is 26.3 Å². The average Bonchev–Trinajstić information content (AvgIpc) is 2.05. The number of rotatable bonds is 6. The third-order valence-corrected chi connectivity index (χ3v) is 4.48. The fourth-order valence-corrected chi connectivity index (χ4v) is 3.35. The van der Waals surface area contributed by atoms with Gasteiger partial charge in [-0.3, -0.25) is 0 Å². The predicted octanol–water partition coefficient (Wildman–Crippen LogP) is 4.22. The third-order valence-electron chi connectivity index (χ3n) is 1.02. The summed E-state index contributed by atoms with van der Waals surface area (Å²) in [7, 11) is -5.02. The molecule has 0 saturated heterocycles. The summed E-state index contributed by atoms with van der Waals surface area (Å²) in [6.07, 6.45) is -9.30. The Bertz CT molecular complexity index is 233. The zero-order valence-electron chi connectivity index (χ0n) is 9.85. The van der Waals surface area contributed by atoms with Crippen molar-refractivity contribution in [2.24, 2.45) is 0 Å². The van der Waals surface area contributed by atoms with Crippen LogP contribution in [-0.4, -0.2) is 33.9 Å². The molecule has 0 aromatic carbocycles. The minimum atomic E-state index is -4.65. The molecule has 0 aliphatic rings. The molecule has 110 valence electrons. The number of hydrogen-bond acceptors (Lipinski definition) is 3. The van der Waals surface area contributed by atoms with Crippen LogP contribution in [0, 0.1) is 0 Å². The summed E-state index contributed by atoms with van der Waals surface area (Å²) < 4.78 is 84.7. The van der Waals surface area contributed by atoms with E-state index in [1.165, 1.54) is 0 Å². The van der Waals surface area contributed by atoms with E-state index in [9.17, 15) is 26.3 Å². The first-order valence-electron chi connectivity index (χ1n) is 4.67. The normalized spacial score (nSPS) is 14.3. The van der Waals surface area contributed by atoms with Crippen molar-refractivity contribution >= 4 is 16.9 Å². The Labute approximate surface area is 103 Å². The lowest BCUT2D eigenvalue weighted by Crippen LogP contribution is -2.26. The zero-order valence-corrected chi connectivity index (χ0v) is 11.7. The largest absolute Gasteiger partial charge is 0.412 e. The first-order chi connectivity index (χ1) is 7.79. The van der Waals surface area contributed by atoms with Crippen LogP contribution in [0.15, 0.2) is 0 Å². The van der Waals surface area contributed by atoms with Crippen LogP contribution in [0.1, 0.15) is 0 Å². The SMILES string of the molecule is C[Si](C)(C)OP(OCC(F)(F)F)OCC(F)(F)F. The van der Waals surface area contributed by atoms with Gasteiger partial charge >= 0.3 is 21.0 Å². The standard InChI is InChI=1S/C7H13F6O3PSi/c1-18(2,3)16-17(14-4-6(8,9)10)15-5-7(11,12)13/h4-5H2,1-3H3. The van der Waals surface area contributed by atoms with Crippen LogP contribution in [0.2, 0.25) is 19.6 Å². The lowest BCUT2D eigenvalue weighted by Gasteiger charge is -2.24. The average molecular weight is 318 g/mol. The Hall–Kier alpha value is 0.107. The van der Waals surface area contributed by atoms with E-state index in [-0.39, 0.29) is 0 Å². The van der Waals surface area contributed by atoms with E-state index in [0.717, 1.165) is 0 Å². The van der Waals surface area contributed by atoms with E-state index in [1.54, 1.807) is 19.6 Å². The molecular formula is C7H13F6O3PSi. The summed E-state index contributed by atoms with van der Waals surface area (Å²) in [6, 6.07) is 0. The van der Waals surface area contributed by atoms with Crippen molar-refractivity contribution < 1.29 is 39.6 Å². The van der Waals surface area contributed by atoms with Gasteiger partial charge < -0.3 is 13.3 Å². The Morgan fingerprint density at radius 3 is 1.39 bits per heavy atom. The molecule has 0 unspecified atom stereocenters. The molecular weight excluding hydrogens is 305 g/mol. The summed E-state index contributed by atoms with van der Waals surface area (Å²) in [5, 5.41) is 0. The van der Waals surface area contributed by atoms with Crippen molar-refractivity contribution in [1.82, 2.24) is 0 Å². The van der Waals surface area contributed by atoms with Gasteiger partial charge in [0.2, 0.25) is 0 Å². The molecule has 0 rings (SSSR count). The molecule has 3 nitrogen and oxygen atoms in total.